The van der Waals surface area contributed by atoms with Gasteiger partial charge in [-0.1, -0.05) is 54.6 Å². The van der Waals surface area contributed by atoms with Crippen LogP contribution in [0, 0.1) is 13.8 Å². The predicted molar refractivity (Wildman–Crippen MR) is 89.8 cm³/mol. The van der Waals surface area contributed by atoms with Crippen molar-refractivity contribution in [2.24, 2.45) is 0 Å². The Hall–Kier alpha value is -2.35. The molecule has 0 radical (unpaired) electrons. The fraction of sp³-hybridized carbons (Fsp3) is 0.250. The number of hydrogen-bond donors (Lipinski definition) is 0. The quantitative estimate of drug-likeness (QED) is 0.767. The van der Waals surface area contributed by atoms with Crippen molar-refractivity contribution in [1.29, 1.82) is 0 Å². The summed E-state index contributed by atoms with van der Waals surface area (Å²) < 4.78 is 0. The van der Waals surface area contributed by atoms with Crippen molar-refractivity contribution in [1.82, 2.24) is 4.90 Å². The van der Waals surface area contributed by atoms with Crippen molar-refractivity contribution < 1.29 is 4.79 Å². The third-order valence-corrected chi connectivity index (χ3v) is 4.49. The van der Waals surface area contributed by atoms with Crippen molar-refractivity contribution in [2.75, 3.05) is 6.54 Å². The summed E-state index contributed by atoms with van der Waals surface area (Å²) in [6, 6.07) is 15.0. The lowest BCUT2D eigenvalue weighted by Crippen LogP contribution is -2.37. The van der Waals surface area contributed by atoms with E-state index in [1.54, 1.807) is 0 Å². The molecule has 1 atom stereocenters. The van der Waals surface area contributed by atoms with Crippen LogP contribution in [0.2, 0.25) is 0 Å². The highest BCUT2D eigenvalue weighted by Crippen LogP contribution is 2.35. The molecular weight excluding hydrogens is 270 g/mol. The maximum absolute atomic E-state index is 12.1. The first-order valence-electron chi connectivity index (χ1n) is 7.66. The molecule has 2 heteroatoms. The molecule has 0 bridgehead atoms. The molecule has 0 fully saturated rings. The lowest BCUT2D eigenvalue weighted by atomic mass is 9.82. The lowest BCUT2D eigenvalue weighted by molar-refractivity contribution is -0.127. The van der Waals surface area contributed by atoms with E-state index in [1.807, 2.05) is 4.90 Å². The van der Waals surface area contributed by atoms with Gasteiger partial charge in [0.05, 0.1) is 0 Å². The molecule has 0 unspecified atom stereocenters. The molecule has 0 N–H and O–H groups in total. The van der Waals surface area contributed by atoms with E-state index in [1.165, 1.54) is 33.9 Å². The van der Waals surface area contributed by atoms with Gasteiger partial charge in [0.25, 0.3) is 0 Å². The Bertz CT molecular complexity index is 732. The van der Waals surface area contributed by atoms with Gasteiger partial charge in [-0.05, 0) is 42.2 Å². The minimum absolute atomic E-state index is 0.00532. The van der Waals surface area contributed by atoms with E-state index >= 15 is 0 Å². The number of rotatable bonds is 2. The molecule has 0 spiro atoms. The van der Waals surface area contributed by atoms with Gasteiger partial charge in [-0.25, -0.2) is 0 Å². The van der Waals surface area contributed by atoms with Crippen LogP contribution >= 0.6 is 0 Å². The molecule has 0 aromatic heterocycles. The van der Waals surface area contributed by atoms with Gasteiger partial charge >= 0.3 is 0 Å². The van der Waals surface area contributed by atoms with Crippen LogP contribution < -0.4 is 0 Å². The summed E-state index contributed by atoms with van der Waals surface area (Å²) in [4.78, 5) is 14.0. The van der Waals surface area contributed by atoms with Crippen molar-refractivity contribution in [2.45, 2.75) is 26.3 Å². The fourth-order valence-corrected chi connectivity index (χ4v) is 3.34. The Balaban J connectivity index is 2.11. The summed E-state index contributed by atoms with van der Waals surface area (Å²) >= 11 is 0. The van der Waals surface area contributed by atoms with Gasteiger partial charge in [0.15, 0.2) is 0 Å². The summed E-state index contributed by atoms with van der Waals surface area (Å²) in [5.41, 5.74) is 6.39. The average molecular weight is 291 g/mol. The van der Waals surface area contributed by atoms with Crippen LogP contribution in [0.15, 0.2) is 55.1 Å². The van der Waals surface area contributed by atoms with E-state index in [9.17, 15) is 4.79 Å². The van der Waals surface area contributed by atoms with Crippen LogP contribution in [-0.2, 0) is 11.3 Å². The fourth-order valence-electron chi connectivity index (χ4n) is 3.34. The zero-order valence-corrected chi connectivity index (χ0v) is 13.2. The summed E-state index contributed by atoms with van der Waals surface area (Å²) in [6.45, 7) is 9.25. The molecule has 0 saturated heterocycles. The third kappa shape index (κ3) is 2.57. The second-order valence-corrected chi connectivity index (χ2v) is 6.03. The van der Waals surface area contributed by atoms with E-state index in [2.05, 4.69) is 62.9 Å². The number of nitrogens with zero attached hydrogens (tertiary/aromatic N) is 1. The minimum Gasteiger partial charge on any atom is -0.334 e. The van der Waals surface area contributed by atoms with Crippen LogP contribution in [0.25, 0.3) is 0 Å². The molecule has 1 aliphatic rings. The third-order valence-electron chi connectivity index (χ3n) is 4.49. The maximum Gasteiger partial charge on any atom is 0.246 e. The Morgan fingerprint density at radius 3 is 2.68 bits per heavy atom. The molecule has 2 aromatic rings. The van der Waals surface area contributed by atoms with Crippen molar-refractivity contribution in [3.8, 4) is 0 Å². The minimum atomic E-state index is 0.00532. The lowest BCUT2D eigenvalue weighted by Gasteiger charge is -2.35. The highest BCUT2D eigenvalue weighted by Gasteiger charge is 2.28. The summed E-state index contributed by atoms with van der Waals surface area (Å²) in [5, 5.41) is 0. The molecule has 1 aliphatic heterocycles. The Morgan fingerprint density at radius 2 is 1.95 bits per heavy atom. The van der Waals surface area contributed by atoms with Gasteiger partial charge < -0.3 is 4.90 Å². The van der Waals surface area contributed by atoms with Crippen molar-refractivity contribution in [3.05, 3.63) is 82.9 Å². The predicted octanol–water partition coefficient (Wildman–Crippen LogP) is 3.96. The smallest absolute Gasteiger partial charge is 0.246 e. The van der Waals surface area contributed by atoms with E-state index in [0.29, 0.717) is 13.1 Å². The monoisotopic (exact) mass is 291 g/mol. The number of hydrogen-bond acceptors (Lipinski definition) is 1. The van der Waals surface area contributed by atoms with Crippen LogP contribution in [0.3, 0.4) is 0 Å². The van der Waals surface area contributed by atoms with Crippen LogP contribution in [0.4, 0.5) is 0 Å². The zero-order valence-electron chi connectivity index (χ0n) is 13.2. The van der Waals surface area contributed by atoms with E-state index in [0.717, 1.165) is 0 Å². The largest absolute Gasteiger partial charge is 0.334 e. The van der Waals surface area contributed by atoms with Gasteiger partial charge in [-0.15, -0.1) is 0 Å². The number of aryl methyl sites for hydroxylation is 2. The van der Waals surface area contributed by atoms with Gasteiger partial charge in [-0.2, -0.15) is 0 Å². The second-order valence-electron chi connectivity index (χ2n) is 6.03. The van der Waals surface area contributed by atoms with E-state index in [4.69, 9.17) is 0 Å². The molecule has 2 aromatic carbocycles. The topological polar surface area (TPSA) is 20.3 Å². The standard InChI is InChI=1S/C20H21NO/c1-4-20(22)21-12-16-11-14(2)9-10-18(16)19(13-21)17-8-6-5-7-15(17)3/h4-11,19H,1,12-13H2,2-3H3/t19-/m0/s1. The zero-order chi connectivity index (χ0) is 15.7. The van der Waals surface area contributed by atoms with Gasteiger partial charge in [0, 0.05) is 19.0 Å². The second kappa shape index (κ2) is 5.80. The van der Waals surface area contributed by atoms with Crippen LogP contribution in [-0.4, -0.2) is 17.4 Å². The van der Waals surface area contributed by atoms with Crippen LogP contribution in [0.5, 0.6) is 0 Å². The molecule has 2 nitrogen and oxygen atoms in total. The van der Waals surface area contributed by atoms with Gasteiger partial charge in [0.1, 0.15) is 0 Å². The van der Waals surface area contributed by atoms with Gasteiger partial charge in [-0.3, -0.25) is 4.79 Å². The summed E-state index contributed by atoms with van der Waals surface area (Å²) in [7, 11) is 0. The highest BCUT2D eigenvalue weighted by atomic mass is 16.2. The number of carbonyl (C=O) groups excluding carboxylic acids is 1. The van der Waals surface area contributed by atoms with E-state index < -0.39 is 0 Å². The summed E-state index contributed by atoms with van der Waals surface area (Å²) in [5.74, 6) is 0.236. The van der Waals surface area contributed by atoms with Gasteiger partial charge in [0.2, 0.25) is 5.91 Å². The number of benzene rings is 2. The molecule has 0 saturated carbocycles. The summed E-state index contributed by atoms with van der Waals surface area (Å²) in [6.07, 6.45) is 1.41. The maximum atomic E-state index is 12.1. The normalized spacial score (nSPS) is 17.0. The average Bonchev–Trinajstić information content (AvgIpc) is 2.53. The molecule has 22 heavy (non-hydrogen) atoms. The molecule has 3 rings (SSSR count). The molecule has 0 aliphatic carbocycles. The molecule has 112 valence electrons. The Morgan fingerprint density at radius 1 is 1.18 bits per heavy atom. The van der Waals surface area contributed by atoms with E-state index in [-0.39, 0.29) is 11.8 Å². The van der Waals surface area contributed by atoms with Crippen molar-refractivity contribution >= 4 is 5.91 Å². The number of fused-ring (bicyclic) bond motifs is 1. The first-order valence-corrected chi connectivity index (χ1v) is 7.66. The first-order chi connectivity index (χ1) is 10.6. The first kappa shape index (κ1) is 14.6. The Labute approximate surface area is 132 Å². The van der Waals surface area contributed by atoms with Crippen LogP contribution in [0.1, 0.15) is 33.7 Å². The molecule has 1 amide bonds. The highest BCUT2D eigenvalue weighted by molar-refractivity contribution is 5.87. The number of carbonyl (C=O) groups is 1. The molecule has 1 heterocycles. The van der Waals surface area contributed by atoms with Crippen molar-refractivity contribution in [3.63, 3.8) is 0 Å². The molecular formula is C20H21NO. The number of amides is 1. The Kier molecular flexibility index (Phi) is 3.84. The SMILES string of the molecule is C=CC(=O)N1Cc2cc(C)ccc2[C@H](c2ccccc2C)C1.